The summed E-state index contributed by atoms with van der Waals surface area (Å²) in [5.41, 5.74) is 1.14. The Morgan fingerprint density at radius 1 is 1.44 bits per heavy atom. The fraction of sp³-hybridized carbons (Fsp3) is 0.474. The van der Waals surface area contributed by atoms with Crippen LogP contribution in [-0.4, -0.2) is 40.5 Å². The number of nitrogens with zero attached hydrogens (tertiary/aromatic N) is 2. The molecule has 1 aromatic carbocycles. The van der Waals surface area contributed by atoms with Crippen molar-refractivity contribution in [2.45, 2.75) is 38.6 Å². The molecule has 5 nitrogen and oxygen atoms in total. The lowest BCUT2D eigenvalue weighted by atomic mass is 10.1. The second kappa shape index (κ2) is 8.25. The molecule has 1 aromatic heterocycles. The zero-order chi connectivity index (χ0) is 17.6. The van der Waals surface area contributed by atoms with Crippen molar-refractivity contribution in [1.29, 1.82) is 0 Å². The van der Waals surface area contributed by atoms with Crippen molar-refractivity contribution in [1.82, 2.24) is 14.9 Å². The summed E-state index contributed by atoms with van der Waals surface area (Å²) in [7, 11) is 0. The second-order valence-corrected chi connectivity index (χ2v) is 6.21. The van der Waals surface area contributed by atoms with E-state index in [2.05, 4.69) is 9.97 Å². The predicted molar refractivity (Wildman–Crippen MR) is 93.4 cm³/mol. The summed E-state index contributed by atoms with van der Waals surface area (Å²) in [5.74, 6) is 0.577. The minimum Gasteiger partial charge on any atom is -0.382 e. The van der Waals surface area contributed by atoms with Gasteiger partial charge >= 0.3 is 0 Å². The molecule has 0 unspecified atom stereocenters. The summed E-state index contributed by atoms with van der Waals surface area (Å²) in [6, 6.07) is 6.55. The average molecular weight is 345 g/mol. The van der Waals surface area contributed by atoms with Crippen molar-refractivity contribution in [3.05, 3.63) is 42.1 Å². The predicted octanol–water partition coefficient (Wildman–Crippen LogP) is 3.70. The van der Waals surface area contributed by atoms with Gasteiger partial charge in [0.15, 0.2) is 0 Å². The number of halogens is 1. The molecule has 0 aliphatic carbocycles. The normalized spacial score (nSPS) is 17.2. The number of aromatic amines is 1. The van der Waals surface area contributed by atoms with Crippen molar-refractivity contribution in [2.24, 2.45) is 0 Å². The van der Waals surface area contributed by atoms with E-state index >= 15 is 0 Å². The second-order valence-electron chi connectivity index (χ2n) is 6.21. The Labute approximate surface area is 147 Å². The van der Waals surface area contributed by atoms with E-state index in [9.17, 15) is 9.18 Å². The zero-order valence-electron chi connectivity index (χ0n) is 14.5. The van der Waals surface area contributed by atoms with E-state index in [1.165, 1.54) is 6.07 Å². The molecule has 1 N–H and O–H groups in total. The van der Waals surface area contributed by atoms with Gasteiger partial charge in [-0.1, -0.05) is 12.1 Å². The largest absolute Gasteiger partial charge is 0.382 e. The van der Waals surface area contributed by atoms with Gasteiger partial charge in [0.25, 0.3) is 0 Å². The Kier molecular flexibility index (Phi) is 5.81. The molecule has 0 bridgehead atoms. The number of benzene rings is 1. The van der Waals surface area contributed by atoms with Gasteiger partial charge in [-0.25, -0.2) is 9.37 Å². The number of ether oxygens (including phenoxy) is 1. The molecule has 134 valence electrons. The number of hydrogen-bond acceptors (Lipinski definition) is 3. The number of aromatic nitrogens is 2. The van der Waals surface area contributed by atoms with Gasteiger partial charge in [-0.05, 0) is 38.3 Å². The molecule has 0 spiro atoms. The van der Waals surface area contributed by atoms with Crippen LogP contribution in [0.2, 0.25) is 0 Å². The van der Waals surface area contributed by atoms with Crippen LogP contribution in [0.15, 0.2) is 30.5 Å². The fourth-order valence-corrected chi connectivity index (χ4v) is 3.29. The molecule has 6 heteroatoms. The van der Waals surface area contributed by atoms with Crippen LogP contribution in [0.3, 0.4) is 0 Å². The number of nitrogens with one attached hydrogen (secondary N) is 1. The van der Waals surface area contributed by atoms with Crippen LogP contribution < -0.4 is 0 Å². The van der Waals surface area contributed by atoms with Crippen LogP contribution in [-0.2, 0) is 9.53 Å². The Balaban J connectivity index is 1.69. The van der Waals surface area contributed by atoms with E-state index in [0.717, 1.165) is 31.6 Å². The van der Waals surface area contributed by atoms with Gasteiger partial charge in [0.2, 0.25) is 5.91 Å². The molecule has 2 aromatic rings. The molecule has 1 fully saturated rings. The lowest BCUT2D eigenvalue weighted by molar-refractivity contribution is -0.132. The lowest BCUT2D eigenvalue weighted by Crippen LogP contribution is -2.31. The molecule has 3 rings (SSSR count). The number of amides is 1. The molecule has 1 aliphatic rings. The highest BCUT2D eigenvalue weighted by Crippen LogP contribution is 2.32. The summed E-state index contributed by atoms with van der Waals surface area (Å²) in [6.07, 6.45) is 4.69. The molecule has 2 heterocycles. The van der Waals surface area contributed by atoms with Crippen LogP contribution in [0.1, 0.15) is 44.5 Å². The first-order chi connectivity index (χ1) is 12.2. The van der Waals surface area contributed by atoms with E-state index in [1.807, 2.05) is 11.8 Å². The van der Waals surface area contributed by atoms with E-state index in [0.29, 0.717) is 30.9 Å². The number of hydrogen-bond donors (Lipinski definition) is 1. The maximum atomic E-state index is 13.9. The number of imidazole rings is 1. The maximum absolute atomic E-state index is 13.9. The smallest absolute Gasteiger partial charge is 0.223 e. The van der Waals surface area contributed by atoms with Crippen LogP contribution >= 0.6 is 0 Å². The summed E-state index contributed by atoms with van der Waals surface area (Å²) >= 11 is 0. The third-order valence-electron chi connectivity index (χ3n) is 4.53. The number of carbonyl (C=O) groups excluding carboxylic acids is 1. The third-order valence-corrected chi connectivity index (χ3v) is 4.53. The number of rotatable bonds is 7. The Morgan fingerprint density at radius 2 is 2.28 bits per heavy atom. The van der Waals surface area contributed by atoms with Crippen LogP contribution in [0.25, 0.3) is 11.3 Å². The zero-order valence-corrected chi connectivity index (χ0v) is 14.5. The summed E-state index contributed by atoms with van der Waals surface area (Å²) in [4.78, 5) is 22.0. The first-order valence-electron chi connectivity index (χ1n) is 8.87. The van der Waals surface area contributed by atoms with Crippen LogP contribution in [0, 0.1) is 5.82 Å². The standard InChI is InChI=1S/C19H24FN3O2/c1-2-25-12-6-10-18(24)23-11-5-9-17(23)19-21-13-16(22-19)14-7-3-4-8-15(14)20/h3-4,7-8,13,17H,2,5-6,9-12H2,1H3,(H,21,22)/t17-/m1/s1. The Bertz CT molecular complexity index is 716. The molecule has 1 aliphatic heterocycles. The van der Waals surface area contributed by atoms with Gasteiger partial charge in [0.1, 0.15) is 11.6 Å². The van der Waals surface area contributed by atoms with Gasteiger partial charge < -0.3 is 14.6 Å². The molecule has 25 heavy (non-hydrogen) atoms. The van der Waals surface area contributed by atoms with Crippen molar-refractivity contribution >= 4 is 5.91 Å². The first kappa shape index (κ1) is 17.6. The minimum absolute atomic E-state index is 0.0554. The summed E-state index contributed by atoms with van der Waals surface area (Å²) in [6.45, 7) is 3.97. The molecular weight excluding hydrogens is 321 g/mol. The maximum Gasteiger partial charge on any atom is 0.223 e. The van der Waals surface area contributed by atoms with Gasteiger partial charge in [-0.2, -0.15) is 0 Å². The molecule has 0 saturated carbocycles. The van der Waals surface area contributed by atoms with Crippen LogP contribution in [0.5, 0.6) is 0 Å². The van der Waals surface area contributed by atoms with Gasteiger partial charge in [0.05, 0.1) is 17.9 Å². The fourth-order valence-electron chi connectivity index (χ4n) is 3.29. The van der Waals surface area contributed by atoms with E-state index in [-0.39, 0.29) is 17.8 Å². The molecule has 0 radical (unpaired) electrons. The number of likely N-dealkylation sites (tertiary alicyclic amines) is 1. The summed E-state index contributed by atoms with van der Waals surface area (Å²) < 4.78 is 19.2. The van der Waals surface area contributed by atoms with Crippen molar-refractivity contribution in [3.63, 3.8) is 0 Å². The van der Waals surface area contributed by atoms with E-state index in [1.54, 1.807) is 24.4 Å². The van der Waals surface area contributed by atoms with E-state index in [4.69, 9.17) is 4.74 Å². The monoisotopic (exact) mass is 345 g/mol. The molecule has 1 atom stereocenters. The van der Waals surface area contributed by atoms with Gasteiger partial charge in [-0.15, -0.1) is 0 Å². The average Bonchev–Trinajstić information content (AvgIpc) is 3.27. The highest BCUT2D eigenvalue weighted by Gasteiger charge is 2.31. The van der Waals surface area contributed by atoms with Crippen LogP contribution in [0.4, 0.5) is 4.39 Å². The molecule has 1 saturated heterocycles. The molecule has 1 amide bonds. The number of H-pyrrole nitrogens is 1. The van der Waals surface area contributed by atoms with Crippen molar-refractivity contribution in [3.8, 4) is 11.3 Å². The number of carbonyl (C=O) groups is 1. The van der Waals surface area contributed by atoms with Gasteiger partial charge in [-0.3, -0.25) is 4.79 Å². The highest BCUT2D eigenvalue weighted by molar-refractivity contribution is 5.77. The van der Waals surface area contributed by atoms with Crippen molar-refractivity contribution < 1.29 is 13.9 Å². The van der Waals surface area contributed by atoms with Crippen molar-refractivity contribution in [2.75, 3.05) is 19.8 Å². The Morgan fingerprint density at radius 3 is 3.08 bits per heavy atom. The minimum atomic E-state index is -0.284. The molecular formula is C19H24FN3O2. The van der Waals surface area contributed by atoms with Gasteiger partial charge in [0, 0.05) is 31.7 Å². The summed E-state index contributed by atoms with van der Waals surface area (Å²) in [5, 5.41) is 0. The quantitative estimate of drug-likeness (QED) is 0.779. The third kappa shape index (κ3) is 4.07. The SMILES string of the molecule is CCOCCCC(=O)N1CCC[C@@H]1c1ncc(-c2ccccc2F)[nH]1. The Hall–Kier alpha value is -2.21. The first-order valence-corrected chi connectivity index (χ1v) is 8.87. The van der Waals surface area contributed by atoms with E-state index < -0.39 is 0 Å². The topological polar surface area (TPSA) is 58.2 Å². The lowest BCUT2D eigenvalue weighted by Gasteiger charge is -2.23. The highest BCUT2D eigenvalue weighted by atomic mass is 19.1.